The van der Waals surface area contributed by atoms with E-state index in [1.165, 1.54) is 25.7 Å². The van der Waals surface area contributed by atoms with Gasteiger partial charge in [0.15, 0.2) is 0 Å². The first-order valence-corrected chi connectivity index (χ1v) is 23.9. The van der Waals surface area contributed by atoms with Crippen LogP contribution in [0.2, 0.25) is 13.1 Å². The minimum absolute atomic E-state index is 0. The van der Waals surface area contributed by atoms with E-state index in [1.807, 2.05) is 0 Å². The SMILES string of the molecule is CC1=Cc2c(C3CC3)cccc2[CH]1[Hf+2]([CH]1C(C)=Cc2c(C3CC3)cccc21)=[Si](C)C.[Cl-].[Cl-]. The number of hydrogen-bond acceptors (Lipinski definition) is 0. The van der Waals surface area contributed by atoms with Crippen LogP contribution in [0.5, 0.6) is 0 Å². The molecular weight excluding hydrogens is 614 g/mol. The van der Waals surface area contributed by atoms with E-state index in [4.69, 9.17) is 0 Å². The number of allylic oxidation sites excluding steroid dienone is 2. The van der Waals surface area contributed by atoms with Crippen LogP contribution >= 0.6 is 0 Å². The number of hydrogen-bond donors (Lipinski definition) is 0. The molecule has 0 amide bonds. The van der Waals surface area contributed by atoms with Crippen LogP contribution in [0.3, 0.4) is 0 Å². The predicted octanol–water partition coefficient (Wildman–Crippen LogP) is 1.93. The Morgan fingerprint density at radius 3 is 1.38 bits per heavy atom. The third-order valence-corrected chi connectivity index (χ3v) is 36.2. The maximum Gasteiger partial charge on any atom is -1.00 e. The number of fused-ring (bicyclic) bond motifs is 2. The Kier molecular flexibility index (Phi) is 7.20. The quantitative estimate of drug-likeness (QED) is 0.447. The summed E-state index contributed by atoms with van der Waals surface area (Å²) in [6, 6.07) is 14.6. The van der Waals surface area contributed by atoms with Gasteiger partial charge in [0.05, 0.1) is 0 Å². The standard InChI is InChI=1S/2C13H13.C2H6Si.2ClH.Hf/c2*1-9-7-11-3-2-4-12(10-5-6-10)13(11)8-9;1-3-2;;;/h2*2-4,7-8,10H,5-6H2,1H3;1-2H3;2*1H;/q;;;;;+2/p-2. The summed E-state index contributed by atoms with van der Waals surface area (Å²) in [6.45, 7) is 10.2. The summed E-state index contributed by atoms with van der Waals surface area (Å²) in [7, 11) is 0. The summed E-state index contributed by atoms with van der Waals surface area (Å²) in [5.74, 6) is 1.69. The second-order valence-electron chi connectivity index (χ2n) is 10.3. The van der Waals surface area contributed by atoms with Crippen LogP contribution in [-0.4, -0.2) is 5.49 Å². The molecular formula is C28H32Cl2HfSi. The molecule has 4 heteroatoms. The van der Waals surface area contributed by atoms with Crippen molar-refractivity contribution in [1.29, 1.82) is 0 Å². The minimum Gasteiger partial charge on any atom is -1.00 e. The van der Waals surface area contributed by atoms with E-state index in [0.717, 1.165) is 19.2 Å². The second-order valence-corrected chi connectivity index (χ2v) is 35.3. The first kappa shape index (κ1) is 24.7. The van der Waals surface area contributed by atoms with Crippen molar-refractivity contribution in [3.8, 4) is 0 Å². The zero-order valence-electron chi connectivity index (χ0n) is 19.5. The average Bonchev–Trinajstić information content (AvgIpc) is 3.63. The Bertz CT molecular complexity index is 1080. The van der Waals surface area contributed by atoms with Gasteiger partial charge in [0, 0.05) is 0 Å². The third-order valence-electron chi connectivity index (χ3n) is 7.86. The first-order valence-electron chi connectivity index (χ1n) is 11.8. The van der Waals surface area contributed by atoms with Crippen LogP contribution in [-0.2, 0) is 20.1 Å². The number of rotatable bonds is 4. The van der Waals surface area contributed by atoms with Gasteiger partial charge in [-0.05, 0) is 0 Å². The minimum atomic E-state index is -2.07. The Morgan fingerprint density at radius 2 is 1.03 bits per heavy atom. The predicted molar refractivity (Wildman–Crippen MR) is 127 cm³/mol. The largest absolute Gasteiger partial charge is 1.00 e. The number of benzene rings is 2. The van der Waals surface area contributed by atoms with Crippen LogP contribution in [0.25, 0.3) is 12.2 Å². The second kappa shape index (κ2) is 9.32. The molecule has 0 N–H and O–H groups in total. The molecule has 0 spiro atoms. The van der Waals surface area contributed by atoms with Gasteiger partial charge in [-0.25, -0.2) is 0 Å². The van der Waals surface area contributed by atoms with Crippen LogP contribution in [0, 0.1) is 0 Å². The summed E-state index contributed by atoms with van der Waals surface area (Å²) in [5.41, 5.74) is 13.2. The molecule has 0 bridgehead atoms. The molecule has 166 valence electrons. The Hall–Kier alpha value is -0.413. The summed E-state index contributed by atoms with van der Waals surface area (Å²) in [6.07, 6.45) is 10.8. The van der Waals surface area contributed by atoms with Crippen LogP contribution < -0.4 is 24.8 Å². The van der Waals surface area contributed by atoms with Gasteiger partial charge in [-0.2, -0.15) is 0 Å². The molecule has 2 atom stereocenters. The monoisotopic (exact) mass is 646 g/mol. The molecule has 2 fully saturated rings. The topological polar surface area (TPSA) is 0 Å². The van der Waals surface area contributed by atoms with E-state index in [-0.39, 0.29) is 30.3 Å². The molecule has 4 aliphatic carbocycles. The molecule has 0 heterocycles. The van der Waals surface area contributed by atoms with E-state index < -0.39 is 20.1 Å². The van der Waals surface area contributed by atoms with Gasteiger partial charge in [-0.1, -0.05) is 0 Å². The summed E-state index contributed by atoms with van der Waals surface area (Å²) >= 11 is -2.07. The van der Waals surface area contributed by atoms with Gasteiger partial charge < -0.3 is 24.8 Å². The molecule has 0 radical (unpaired) electrons. The van der Waals surface area contributed by atoms with Crippen molar-refractivity contribution >= 4 is 17.6 Å². The van der Waals surface area contributed by atoms with Gasteiger partial charge in [-0.15, -0.1) is 0 Å². The zero-order chi connectivity index (χ0) is 20.6. The fourth-order valence-corrected chi connectivity index (χ4v) is 35.6. The summed E-state index contributed by atoms with van der Waals surface area (Å²) in [4.78, 5) is 0. The maximum atomic E-state index is 2.65. The molecule has 0 saturated heterocycles. The van der Waals surface area contributed by atoms with E-state index >= 15 is 0 Å². The third kappa shape index (κ3) is 4.02. The molecule has 2 unspecified atom stereocenters. The van der Waals surface area contributed by atoms with E-state index in [9.17, 15) is 0 Å². The Labute approximate surface area is 213 Å². The molecule has 0 aliphatic heterocycles. The van der Waals surface area contributed by atoms with Gasteiger partial charge in [0.25, 0.3) is 0 Å². The molecule has 2 aromatic rings. The maximum absolute atomic E-state index is 2.65. The van der Waals surface area contributed by atoms with Crippen LogP contribution in [0.15, 0.2) is 47.5 Å². The molecule has 4 aliphatic rings. The van der Waals surface area contributed by atoms with Crippen molar-refractivity contribution in [2.45, 2.75) is 71.8 Å². The van der Waals surface area contributed by atoms with E-state index in [0.29, 0.717) is 0 Å². The van der Waals surface area contributed by atoms with Crippen molar-refractivity contribution in [2.75, 3.05) is 0 Å². The molecule has 6 rings (SSSR count). The fraction of sp³-hybridized carbons (Fsp3) is 0.429. The van der Waals surface area contributed by atoms with Gasteiger partial charge in [-0.3, -0.25) is 0 Å². The molecule has 0 nitrogen and oxygen atoms in total. The summed E-state index contributed by atoms with van der Waals surface area (Å²) < 4.78 is 1.60. The van der Waals surface area contributed by atoms with Crippen LogP contribution in [0.1, 0.15) is 92.1 Å². The Morgan fingerprint density at radius 1 is 0.656 bits per heavy atom. The van der Waals surface area contributed by atoms with Crippen molar-refractivity contribution in [1.82, 2.24) is 0 Å². The number of halogens is 2. The normalized spacial score (nSPS) is 22.5. The van der Waals surface area contributed by atoms with Crippen molar-refractivity contribution < 1.29 is 44.9 Å². The molecule has 0 aromatic heterocycles. The zero-order valence-corrected chi connectivity index (χ0v) is 25.6. The Balaban J connectivity index is 0.00000122. The van der Waals surface area contributed by atoms with E-state index in [2.05, 4.69) is 75.5 Å². The van der Waals surface area contributed by atoms with Gasteiger partial charge in [0.2, 0.25) is 0 Å². The average molecular weight is 646 g/mol. The molecule has 2 aromatic carbocycles. The van der Waals surface area contributed by atoms with Crippen molar-refractivity contribution in [2.24, 2.45) is 0 Å². The fourth-order valence-electron chi connectivity index (χ4n) is 6.22. The van der Waals surface area contributed by atoms with E-state index in [1.54, 1.807) is 44.5 Å². The van der Waals surface area contributed by atoms with Crippen LogP contribution in [0.4, 0.5) is 0 Å². The smallest absolute Gasteiger partial charge is 1.00 e. The van der Waals surface area contributed by atoms with Crippen molar-refractivity contribution in [3.05, 3.63) is 80.9 Å². The molecule has 2 saturated carbocycles. The molecule has 32 heavy (non-hydrogen) atoms. The first-order chi connectivity index (χ1) is 14.5. The van der Waals surface area contributed by atoms with Gasteiger partial charge in [0.1, 0.15) is 0 Å². The summed E-state index contributed by atoms with van der Waals surface area (Å²) in [5, 5.41) is 0. The van der Waals surface area contributed by atoms with Crippen molar-refractivity contribution in [3.63, 3.8) is 0 Å². The van der Waals surface area contributed by atoms with Gasteiger partial charge >= 0.3 is 190 Å².